The number of amides is 2. The van der Waals surface area contributed by atoms with E-state index >= 15 is 0 Å². The molecule has 0 radical (unpaired) electrons. The van der Waals surface area contributed by atoms with Crippen LogP contribution in [0.4, 0.5) is 4.79 Å². The maximum absolute atomic E-state index is 11.7. The van der Waals surface area contributed by atoms with Crippen LogP contribution in [0.25, 0.3) is 0 Å². The van der Waals surface area contributed by atoms with Gasteiger partial charge in [0.2, 0.25) is 0 Å². The molecule has 1 aliphatic heterocycles. The largest absolute Gasteiger partial charge is 0.386 e. The van der Waals surface area contributed by atoms with Gasteiger partial charge in [0.05, 0.1) is 12.7 Å². The molecule has 1 saturated heterocycles. The molecule has 1 heterocycles. The molecule has 2 amide bonds. The Balaban J connectivity index is 1.77. The number of rotatable bonds is 5. The number of carbonyl (C=O) groups is 1. The predicted molar refractivity (Wildman–Crippen MR) is 81.7 cm³/mol. The van der Waals surface area contributed by atoms with Gasteiger partial charge < -0.3 is 20.5 Å². The topological polar surface area (TPSA) is 70.6 Å². The molecule has 0 aromatic heterocycles. The zero-order valence-electron chi connectivity index (χ0n) is 11.4. The quantitative estimate of drug-likeness (QED) is 0.775. The number of hydrogen-bond acceptors (Lipinski definition) is 3. The molecule has 1 aromatic carbocycles. The molecule has 2 rings (SSSR count). The number of aliphatic hydroxyl groups excluding tert-OH is 1. The minimum Gasteiger partial charge on any atom is -0.386 e. The number of carbonyl (C=O) groups excluding carboxylic acids is 1. The third-order valence-corrected chi connectivity index (χ3v) is 4.02. The van der Waals surface area contributed by atoms with Crippen molar-refractivity contribution >= 4 is 29.2 Å². The lowest BCUT2D eigenvalue weighted by Crippen LogP contribution is -2.40. The number of ether oxygens (including phenoxy) is 1. The van der Waals surface area contributed by atoms with Crippen molar-refractivity contribution in [3.8, 4) is 0 Å². The molecule has 5 nitrogen and oxygen atoms in total. The Morgan fingerprint density at radius 1 is 1.38 bits per heavy atom. The van der Waals surface area contributed by atoms with E-state index in [2.05, 4.69) is 10.6 Å². The smallest absolute Gasteiger partial charge is 0.314 e. The lowest BCUT2D eigenvalue weighted by Gasteiger charge is -2.16. The van der Waals surface area contributed by atoms with Gasteiger partial charge in [0.1, 0.15) is 0 Å². The molecule has 3 N–H and O–H groups in total. The monoisotopic (exact) mass is 332 g/mol. The first-order valence-electron chi connectivity index (χ1n) is 6.79. The molecule has 7 heteroatoms. The Morgan fingerprint density at radius 3 is 2.71 bits per heavy atom. The highest BCUT2D eigenvalue weighted by molar-refractivity contribution is 6.36. The third-order valence-electron chi connectivity index (χ3n) is 3.36. The molecule has 21 heavy (non-hydrogen) atoms. The van der Waals surface area contributed by atoms with Crippen LogP contribution in [0.1, 0.15) is 18.1 Å². The number of benzene rings is 1. The Kier molecular flexibility index (Phi) is 6.11. The Morgan fingerprint density at radius 2 is 2.10 bits per heavy atom. The summed E-state index contributed by atoms with van der Waals surface area (Å²) in [5.74, 6) is 0.360. The number of aliphatic hydroxyl groups is 1. The zero-order valence-corrected chi connectivity index (χ0v) is 13.0. The van der Waals surface area contributed by atoms with Gasteiger partial charge in [0, 0.05) is 41.2 Å². The van der Waals surface area contributed by atoms with Gasteiger partial charge in [0.25, 0.3) is 0 Å². The van der Waals surface area contributed by atoms with E-state index in [9.17, 15) is 9.90 Å². The average molecular weight is 333 g/mol. The van der Waals surface area contributed by atoms with Crippen LogP contribution in [0.3, 0.4) is 0 Å². The second-order valence-electron chi connectivity index (χ2n) is 4.97. The van der Waals surface area contributed by atoms with E-state index in [1.807, 2.05) is 0 Å². The van der Waals surface area contributed by atoms with Crippen LogP contribution in [0.2, 0.25) is 10.0 Å². The van der Waals surface area contributed by atoms with Gasteiger partial charge in [-0.2, -0.15) is 0 Å². The Bertz CT molecular complexity index is 473. The summed E-state index contributed by atoms with van der Waals surface area (Å²) < 4.78 is 5.23. The van der Waals surface area contributed by atoms with Crippen LogP contribution in [0, 0.1) is 5.92 Å². The van der Waals surface area contributed by atoms with Gasteiger partial charge in [-0.05, 0) is 18.6 Å². The van der Waals surface area contributed by atoms with E-state index < -0.39 is 6.10 Å². The van der Waals surface area contributed by atoms with Crippen molar-refractivity contribution in [2.45, 2.75) is 12.5 Å². The third kappa shape index (κ3) is 4.74. The Labute approximate surface area is 133 Å². The lowest BCUT2D eigenvalue weighted by molar-refractivity contribution is 0.172. The normalized spacial score (nSPS) is 19.3. The first-order chi connectivity index (χ1) is 10.1. The molecule has 1 aliphatic rings. The van der Waals surface area contributed by atoms with Crippen molar-refractivity contribution in [3.05, 3.63) is 33.8 Å². The summed E-state index contributed by atoms with van der Waals surface area (Å²) >= 11 is 12.0. The number of hydrogen-bond donors (Lipinski definition) is 3. The fraction of sp³-hybridized carbons (Fsp3) is 0.500. The molecule has 0 bridgehead atoms. The summed E-state index contributed by atoms with van der Waals surface area (Å²) in [5, 5.41) is 16.2. The van der Waals surface area contributed by atoms with Crippen molar-refractivity contribution in [3.63, 3.8) is 0 Å². The summed E-state index contributed by atoms with van der Waals surface area (Å²) in [4.78, 5) is 11.7. The molecule has 0 spiro atoms. The number of halogens is 2. The number of urea groups is 1. The summed E-state index contributed by atoms with van der Waals surface area (Å²) in [7, 11) is 0. The van der Waals surface area contributed by atoms with Gasteiger partial charge >= 0.3 is 6.03 Å². The Hall–Kier alpha value is -1.01. The van der Waals surface area contributed by atoms with Crippen LogP contribution in [0.15, 0.2) is 18.2 Å². The first kappa shape index (κ1) is 16.4. The minimum atomic E-state index is -0.952. The molecule has 2 atom stereocenters. The highest BCUT2D eigenvalue weighted by Gasteiger charge is 2.18. The van der Waals surface area contributed by atoms with Gasteiger partial charge in [-0.1, -0.05) is 29.3 Å². The van der Waals surface area contributed by atoms with Crippen molar-refractivity contribution in [1.29, 1.82) is 0 Å². The summed E-state index contributed by atoms with van der Waals surface area (Å²) in [5.41, 5.74) is 0.422. The molecule has 116 valence electrons. The molecule has 0 unspecified atom stereocenters. The second kappa shape index (κ2) is 7.84. The van der Waals surface area contributed by atoms with Crippen molar-refractivity contribution in [2.75, 3.05) is 26.3 Å². The molecular weight excluding hydrogens is 315 g/mol. The van der Waals surface area contributed by atoms with Crippen molar-refractivity contribution in [2.24, 2.45) is 5.92 Å². The van der Waals surface area contributed by atoms with Crippen molar-refractivity contribution in [1.82, 2.24) is 10.6 Å². The molecule has 1 aromatic rings. The van der Waals surface area contributed by atoms with Crippen LogP contribution in [0.5, 0.6) is 0 Å². The van der Waals surface area contributed by atoms with Gasteiger partial charge in [0.15, 0.2) is 0 Å². The highest BCUT2D eigenvalue weighted by atomic mass is 35.5. The summed E-state index contributed by atoms with van der Waals surface area (Å²) in [6.45, 7) is 2.03. The SMILES string of the molecule is O=C(NC[C@@H]1CCOC1)NC[C@H](O)c1c(Cl)cccc1Cl. The minimum absolute atomic E-state index is 0.0381. The van der Waals surface area contributed by atoms with Crippen LogP contribution in [-0.4, -0.2) is 37.4 Å². The second-order valence-corrected chi connectivity index (χ2v) is 5.79. The van der Waals surface area contributed by atoms with E-state index in [0.29, 0.717) is 34.7 Å². The molecule has 0 saturated carbocycles. The van der Waals surface area contributed by atoms with Gasteiger partial charge in [-0.3, -0.25) is 0 Å². The van der Waals surface area contributed by atoms with E-state index in [1.54, 1.807) is 18.2 Å². The number of nitrogens with one attached hydrogen (secondary N) is 2. The first-order valence-corrected chi connectivity index (χ1v) is 7.55. The van der Waals surface area contributed by atoms with E-state index in [1.165, 1.54) is 0 Å². The fourth-order valence-corrected chi connectivity index (χ4v) is 2.81. The van der Waals surface area contributed by atoms with Gasteiger partial charge in [-0.15, -0.1) is 0 Å². The summed E-state index contributed by atoms with van der Waals surface area (Å²) in [6.07, 6.45) is 0.00441. The standard InChI is InChI=1S/C14H18Cl2N2O3/c15-10-2-1-3-11(16)13(10)12(19)7-18-14(20)17-6-9-4-5-21-8-9/h1-3,9,12,19H,4-8H2,(H2,17,18,20)/t9-,12-/m0/s1. The summed E-state index contributed by atoms with van der Waals surface area (Å²) in [6, 6.07) is 4.66. The van der Waals surface area contributed by atoms with Crippen LogP contribution >= 0.6 is 23.2 Å². The van der Waals surface area contributed by atoms with Crippen molar-refractivity contribution < 1.29 is 14.6 Å². The van der Waals surface area contributed by atoms with Crippen LogP contribution < -0.4 is 10.6 Å². The lowest BCUT2D eigenvalue weighted by atomic mass is 10.1. The predicted octanol–water partition coefficient (Wildman–Crippen LogP) is 2.36. The van der Waals surface area contributed by atoms with E-state index in [4.69, 9.17) is 27.9 Å². The molecule has 0 aliphatic carbocycles. The fourth-order valence-electron chi connectivity index (χ4n) is 2.16. The maximum atomic E-state index is 11.7. The maximum Gasteiger partial charge on any atom is 0.314 e. The molecular formula is C14H18Cl2N2O3. The van der Waals surface area contributed by atoms with Crippen LogP contribution in [-0.2, 0) is 4.74 Å². The van der Waals surface area contributed by atoms with Gasteiger partial charge in [-0.25, -0.2) is 4.79 Å². The van der Waals surface area contributed by atoms with E-state index in [0.717, 1.165) is 13.0 Å². The molecule has 1 fully saturated rings. The van der Waals surface area contributed by atoms with E-state index in [-0.39, 0.29) is 12.6 Å². The average Bonchev–Trinajstić information content (AvgIpc) is 2.96. The zero-order chi connectivity index (χ0) is 15.2. The highest BCUT2D eigenvalue weighted by Crippen LogP contribution is 2.29.